The molecule has 4 amide bonds. The summed E-state index contributed by atoms with van der Waals surface area (Å²) in [6.07, 6.45) is 4.75. The number of aromatic nitrogens is 1. The van der Waals surface area contributed by atoms with Crippen LogP contribution < -0.4 is 24.4 Å². The maximum absolute atomic E-state index is 13.1. The van der Waals surface area contributed by atoms with Crippen molar-refractivity contribution in [2.45, 2.75) is 6.61 Å². The van der Waals surface area contributed by atoms with E-state index in [1.165, 1.54) is 20.3 Å². The van der Waals surface area contributed by atoms with E-state index in [1.54, 1.807) is 54.9 Å². The number of hydrogen-bond donors (Lipinski definition) is 1. The van der Waals surface area contributed by atoms with Gasteiger partial charge in [-0.1, -0.05) is 6.07 Å². The number of benzene rings is 2. The van der Waals surface area contributed by atoms with E-state index < -0.39 is 17.8 Å². The van der Waals surface area contributed by atoms with Crippen molar-refractivity contribution in [3.05, 3.63) is 83.7 Å². The topological polar surface area (TPSA) is 107 Å². The van der Waals surface area contributed by atoms with Gasteiger partial charge in [0, 0.05) is 12.4 Å². The molecule has 0 spiro atoms. The second-order valence-electron chi connectivity index (χ2n) is 7.21. The summed E-state index contributed by atoms with van der Waals surface area (Å²) in [7, 11) is 3.01. The third kappa shape index (κ3) is 4.73. The quantitative estimate of drug-likeness (QED) is 0.427. The van der Waals surface area contributed by atoms with Crippen molar-refractivity contribution in [3.8, 4) is 17.2 Å². The van der Waals surface area contributed by atoms with Crippen molar-refractivity contribution >= 4 is 29.6 Å². The minimum absolute atomic E-state index is 0.192. The molecule has 0 unspecified atom stereocenters. The monoisotopic (exact) mass is 459 g/mol. The molecule has 4 rings (SSSR count). The summed E-state index contributed by atoms with van der Waals surface area (Å²) in [4.78, 5) is 42.8. The van der Waals surface area contributed by atoms with Crippen molar-refractivity contribution < 1.29 is 28.6 Å². The van der Waals surface area contributed by atoms with Gasteiger partial charge in [-0.3, -0.25) is 19.9 Å². The summed E-state index contributed by atoms with van der Waals surface area (Å²) in [6.45, 7) is 0.319. The van der Waals surface area contributed by atoms with Crippen molar-refractivity contribution in [1.82, 2.24) is 10.3 Å². The molecule has 34 heavy (non-hydrogen) atoms. The number of imide groups is 2. The fourth-order valence-electron chi connectivity index (χ4n) is 3.32. The average Bonchev–Trinajstić information content (AvgIpc) is 2.86. The molecule has 2 heterocycles. The Morgan fingerprint density at radius 1 is 0.912 bits per heavy atom. The summed E-state index contributed by atoms with van der Waals surface area (Å²) in [5.74, 6) is -0.0301. The second-order valence-corrected chi connectivity index (χ2v) is 7.21. The maximum Gasteiger partial charge on any atom is 0.335 e. The van der Waals surface area contributed by atoms with Gasteiger partial charge in [0.05, 0.1) is 19.9 Å². The molecule has 1 aliphatic rings. The van der Waals surface area contributed by atoms with Crippen LogP contribution in [0.1, 0.15) is 11.1 Å². The highest BCUT2D eigenvalue weighted by atomic mass is 16.5. The molecule has 0 bridgehead atoms. The lowest BCUT2D eigenvalue weighted by molar-refractivity contribution is -0.122. The van der Waals surface area contributed by atoms with Crippen LogP contribution in [0.25, 0.3) is 6.08 Å². The smallest absolute Gasteiger partial charge is 0.335 e. The molecule has 3 aromatic rings. The van der Waals surface area contributed by atoms with Gasteiger partial charge in [0.2, 0.25) is 0 Å². The van der Waals surface area contributed by atoms with Crippen molar-refractivity contribution in [2.24, 2.45) is 0 Å². The summed E-state index contributed by atoms with van der Waals surface area (Å²) in [5.41, 5.74) is 1.58. The molecule has 172 valence electrons. The minimum Gasteiger partial charge on any atom is -0.497 e. The molecule has 9 nitrogen and oxygen atoms in total. The molecule has 1 N–H and O–H groups in total. The Morgan fingerprint density at radius 3 is 2.32 bits per heavy atom. The molecular weight excluding hydrogens is 438 g/mol. The van der Waals surface area contributed by atoms with Gasteiger partial charge in [0.1, 0.15) is 17.9 Å². The summed E-state index contributed by atoms with van der Waals surface area (Å²) in [6, 6.07) is 14.2. The van der Waals surface area contributed by atoms with Crippen LogP contribution in [-0.2, 0) is 16.2 Å². The molecule has 1 aromatic heterocycles. The number of urea groups is 1. The van der Waals surface area contributed by atoms with Gasteiger partial charge in [0.25, 0.3) is 11.8 Å². The first-order valence-corrected chi connectivity index (χ1v) is 10.3. The zero-order valence-electron chi connectivity index (χ0n) is 18.5. The minimum atomic E-state index is -0.824. The first kappa shape index (κ1) is 22.5. The van der Waals surface area contributed by atoms with E-state index in [2.05, 4.69) is 10.3 Å². The first-order chi connectivity index (χ1) is 16.5. The number of carbonyl (C=O) groups is 3. The van der Waals surface area contributed by atoms with Crippen LogP contribution in [0.4, 0.5) is 10.5 Å². The first-order valence-electron chi connectivity index (χ1n) is 10.3. The van der Waals surface area contributed by atoms with Gasteiger partial charge in [-0.2, -0.15) is 0 Å². The molecular formula is C25H21N3O6. The SMILES string of the molecule is COc1ccc(N2C(=O)NC(=O)C(=Cc3ccc(OCc4ccncc4)c(OC)c3)C2=O)cc1. The molecule has 0 radical (unpaired) electrons. The largest absolute Gasteiger partial charge is 0.497 e. The standard InChI is InChI=1S/C25H21N3O6/c1-32-19-6-4-18(5-7-19)28-24(30)20(23(29)27-25(28)31)13-17-3-8-21(22(14-17)33-2)34-15-16-9-11-26-12-10-16/h3-14H,15H2,1-2H3,(H,27,29,31). The van der Waals surface area contributed by atoms with Crippen LogP contribution in [-0.4, -0.2) is 37.0 Å². The van der Waals surface area contributed by atoms with Crippen LogP contribution in [0.5, 0.6) is 17.2 Å². The fraction of sp³-hybridized carbons (Fsp3) is 0.120. The summed E-state index contributed by atoms with van der Waals surface area (Å²) >= 11 is 0. The lowest BCUT2D eigenvalue weighted by atomic mass is 10.1. The number of nitrogens with zero attached hydrogens (tertiary/aromatic N) is 2. The molecule has 2 aromatic carbocycles. The van der Waals surface area contributed by atoms with Crippen molar-refractivity contribution in [3.63, 3.8) is 0 Å². The van der Waals surface area contributed by atoms with Gasteiger partial charge < -0.3 is 14.2 Å². The van der Waals surface area contributed by atoms with Crippen LogP contribution in [0.3, 0.4) is 0 Å². The lowest BCUT2D eigenvalue weighted by Crippen LogP contribution is -2.54. The number of barbiturate groups is 1. The number of amides is 4. The van der Waals surface area contributed by atoms with Crippen LogP contribution in [0.15, 0.2) is 72.6 Å². The van der Waals surface area contributed by atoms with Gasteiger partial charge in [0.15, 0.2) is 11.5 Å². The van der Waals surface area contributed by atoms with Crippen molar-refractivity contribution in [1.29, 1.82) is 0 Å². The lowest BCUT2D eigenvalue weighted by Gasteiger charge is -2.26. The molecule has 1 fully saturated rings. The highest BCUT2D eigenvalue weighted by Gasteiger charge is 2.36. The fourth-order valence-corrected chi connectivity index (χ4v) is 3.32. The van der Waals surface area contributed by atoms with E-state index in [1.807, 2.05) is 12.1 Å². The highest BCUT2D eigenvalue weighted by Crippen LogP contribution is 2.30. The number of anilines is 1. The Bertz CT molecular complexity index is 1260. The number of methoxy groups -OCH3 is 2. The van der Waals surface area contributed by atoms with E-state index in [0.717, 1.165) is 10.5 Å². The highest BCUT2D eigenvalue weighted by molar-refractivity contribution is 6.39. The number of carbonyl (C=O) groups excluding carboxylic acids is 3. The number of hydrogen-bond acceptors (Lipinski definition) is 7. The number of rotatable bonds is 7. The Morgan fingerprint density at radius 2 is 1.65 bits per heavy atom. The van der Waals surface area contributed by atoms with Gasteiger partial charge in [-0.05, 0) is 65.7 Å². The van der Waals surface area contributed by atoms with E-state index in [-0.39, 0.29) is 5.57 Å². The van der Waals surface area contributed by atoms with Crippen molar-refractivity contribution in [2.75, 3.05) is 19.1 Å². The van der Waals surface area contributed by atoms with Gasteiger partial charge in [-0.25, -0.2) is 9.69 Å². The Balaban J connectivity index is 1.59. The van der Waals surface area contributed by atoms with E-state index in [9.17, 15) is 14.4 Å². The predicted molar refractivity (Wildman–Crippen MR) is 124 cm³/mol. The van der Waals surface area contributed by atoms with Crippen LogP contribution >= 0.6 is 0 Å². The van der Waals surface area contributed by atoms with E-state index >= 15 is 0 Å². The summed E-state index contributed by atoms with van der Waals surface area (Å²) in [5, 5.41) is 2.20. The Hall–Kier alpha value is -4.66. The zero-order chi connectivity index (χ0) is 24.1. The van der Waals surface area contributed by atoms with E-state index in [0.29, 0.717) is 35.1 Å². The molecule has 9 heteroatoms. The average molecular weight is 459 g/mol. The van der Waals surface area contributed by atoms with E-state index in [4.69, 9.17) is 14.2 Å². The molecule has 1 saturated heterocycles. The second kappa shape index (κ2) is 9.86. The third-order valence-electron chi connectivity index (χ3n) is 5.07. The summed E-state index contributed by atoms with van der Waals surface area (Å²) < 4.78 is 16.4. The number of ether oxygens (including phenoxy) is 3. The predicted octanol–water partition coefficient (Wildman–Crippen LogP) is 3.34. The maximum atomic E-state index is 13.1. The molecule has 0 aliphatic carbocycles. The van der Waals surface area contributed by atoms with Crippen LogP contribution in [0, 0.1) is 0 Å². The third-order valence-corrected chi connectivity index (χ3v) is 5.07. The number of pyridine rings is 1. The number of nitrogens with one attached hydrogen (secondary N) is 1. The molecule has 1 aliphatic heterocycles. The van der Waals surface area contributed by atoms with Crippen LogP contribution in [0.2, 0.25) is 0 Å². The Labute approximate surface area is 195 Å². The molecule has 0 saturated carbocycles. The molecule has 0 atom stereocenters. The zero-order valence-corrected chi connectivity index (χ0v) is 18.5. The Kier molecular flexibility index (Phi) is 6.54. The van der Waals surface area contributed by atoms with Gasteiger partial charge in [-0.15, -0.1) is 0 Å². The normalized spacial score (nSPS) is 14.7. The van der Waals surface area contributed by atoms with Gasteiger partial charge >= 0.3 is 6.03 Å².